The van der Waals surface area contributed by atoms with E-state index in [2.05, 4.69) is 15.5 Å². The minimum atomic E-state index is -0.395. The summed E-state index contributed by atoms with van der Waals surface area (Å²) in [5.41, 5.74) is 5.99. The normalized spacial score (nSPS) is 11.8. The molecule has 1 atom stereocenters. The lowest BCUT2D eigenvalue weighted by atomic mass is 10.2. The van der Waals surface area contributed by atoms with Gasteiger partial charge in [0, 0.05) is 6.07 Å². The zero-order valence-corrected chi connectivity index (χ0v) is 15.0. The largest absolute Gasteiger partial charge is 0.495 e. The first-order chi connectivity index (χ1) is 10.9. The van der Waals surface area contributed by atoms with Crippen LogP contribution in [0.2, 0.25) is 5.02 Å². The molecule has 0 fully saturated rings. The lowest BCUT2D eigenvalue weighted by molar-refractivity contribution is -0.115. The van der Waals surface area contributed by atoms with Crippen molar-refractivity contribution in [2.24, 2.45) is 0 Å². The zero-order chi connectivity index (χ0) is 17.0. The Kier molecular flexibility index (Phi) is 5.91. The highest BCUT2D eigenvalue weighted by Crippen LogP contribution is 2.36. The van der Waals surface area contributed by atoms with Crippen LogP contribution in [0.4, 0.5) is 10.8 Å². The number of nitrogens with one attached hydrogen (secondary N) is 1. The Morgan fingerprint density at radius 2 is 2.04 bits per heavy atom. The van der Waals surface area contributed by atoms with Crippen LogP contribution in [-0.2, 0) is 4.79 Å². The number of thioether (sulfide) groups is 1. The van der Waals surface area contributed by atoms with Crippen molar-refractivity contribution in [2.75, 3.05) is 25.3 Å². The van der Waals surface area contributed by atoms with Crippen molar-refractivity contribution in [3.05, 3.63) is 17.2 Å². The number of amides is 1. The molecule has 3 N–H and O–H groups in total. The van der Waals surface area contributed by atoms with Gasteiger partial charge in [0.15, 0.2) is 4.34 Å². The molecule has 1 heterocycles. The van der Waals surface area contributed by atoms with Gasteiger partial charge in [0.25, 0.3) is 0 Å². The van der Waals surface area contributed by atoms with Crippen LogP contribution in [0.25, 0.3) is 0 Å². The number of methoxy groups -OCH3 is 2. The van der Waals surface area contributed by atoms with Crippen molar-refractivity contribution in [3.63, 3.8) is 0 Å². The van der Waals surface area contributed by atoms with E-state index >= 15 is 0 Å². The second-order valence-electron chi connectivity index (χ2n) is 4.34. The molecule has 124 valence electrons. The van der Waals surface area contributed by atoms with Crippen molar-refractivity contribution >= 4 is 51.4 Å². The average molecular weight is 375 g/mol. The number of carbonyl (C=O) groups excluding carboxylic acids is 1. The number of hydrogen-bond acceptors (Lipinski definition) is 8. The minimum absolute atomic E-state index is 0.219. The maximum atomic E-state index is 12.3. The molecule has 0 radical (unpaired) electrons. The van der Waals surface area contributed by atoms with E-state index in [0.717, 1.165) is 0 Å². The molecule has 0 bridgehead atoms. The van der Waals surface area contributed by atoms with Crippen LogP contribution in [0, 0.1) is 0 Å². The highest BCUT2D eigenvalue weighted by Gasteiger charge is 2.19. The molecule has 0 aliphatic carbocycles. The summed E-state index contributed by atoms with van der Waals surface area (Å²) in [5.74, 6) is 0.702. The molecule has 10 heteroatoms. The molecule has 1 unspecified atom stereocenters. The predicted molar refractivity (Wildman–Crippen MR) is 92.8 cm³/mol. The quantitative estimate of drug-likeness (QED) is 0.750. The summed E-state index contributed by atoms with van der Waals surface area (Å²) in [6.07, 6.45) is 0. The lowest BCUT2D eigenvalue weighted by Crippen LogP contribution is -2.22. The molecular weight excluding hydrogens is 360 g/mol. The van der Waals surface area contributed by atoms with E-state index in [1.165, 1.54) is 37.3 Å². The molecule has 0 spiro atoms. The molecule has 7 nitrogen and oxygen atoms in total. The SMILES string of the molecule is COc1cc(OC)c(NC(=O)C(C)Sc2nnc(N)s2)cc1Cl. The van der Waals surface area contributed by atoms with Crippen LogP contribution in [0.15, 0.2) is 16.5 Å². The van der Waals surface area contributed by atoms with Gasteiger partial charge in [-0.05, 0) is 13.0 Å². The molecule has 0 aliphatic rings. The Hall–Kier alpha value is -1.71. The van der Waals surface area contributed by atoms with Gasteiger partial charge in [0.1, 0.15) is 11.5 Å². The predicted octanol–water partition coefficient (Wildman–Crippen LogP) is 2.91. The Morgan fingerprint density at radius 1 is 1.35 bits per heavy atom. The van der Waals surface area contributed by atoms with E-state index in [4.69, 9.17) is 26.8 Å². The molecule has 0 aliphatic heterocycles. The molecule has 23 heavy (non-hydrogen) atoms. The third kappa shape index (κ3) is 4.40. The number of hydrogen-bond donors (Lipinski definition) is 2. The summed E-state index contributed by atoms with van der Waals surface area (Å²) in [6, 6.07) is 3.19. The molecule has 1 aromatic heterocycles. The van der Waals surface area contributed by atoms with Crippen LogP contribution < -0.4 is 20.5 Å². The number of halogens is 1. The lowest BCUT2D eigenvalue weighted by Gasteiger charge is -2.15. The Morgan fingerprint density at radius 3 is 2.61 bits per heavy atom. The van der Waals surface area contributed by atoms with Gasteiger partial charge in [-0.25, -0.2) is 0 Å². The summed E-state index contributed by atoms with van der Waals surface area (Å²) in [6.45, 7) is 1.76. The smallest absolute Gasteiger partial charge is 0.237 e. The van der Waals surface area contributed by atoms with Gasteiger partial charge < -0.3 is 20.5 Å². The Labute approximate surface area is 146 Å². The number of ether oxygens (including phenoxy) is 2. The highest BCUT2D eigenvalue weighted by atomic mass is 35.5. The van der Waals surface area contributed by atoms with Crippen LogP contribution in [0.1, 0.15) is 6.92 Å². The van der Waals surface area contributed by atoms with Crippen molar-refractivity contribution < 1.29 is 14.3 Å². The molecule has 0 saturated carbocycles. The van der Waals surface area contributed by atoms with E-state index in [0.29, 0.717) is 31.7 Å². The second-order valence-corrected chi connectivity index (χ2v) is 7.35. The van der Waals surface area contributed by atoms with E-state index in [-0.39, 0.29) is 5.91 Å². The van der Waals surface area contributed by atoms with Crippen LogP contribution >= 0.6 is 34.7 Å². The standard InChI is InChI=1S/C13H15ClN4O3S2/c1-6(22-13-18-17-12(15)23-13)11(19)16-8-4-7(14)9(20-2)5-10(8)21-3/h4-6H,1-3H3,(H2,15,17)(H,16,19). The Bertz CT molecular complexity index is 711. The van der Waals surface area contributed by atoms with E-state index in [9.17, 15) is 4.79 Å². The molecule has 2 rings (SSSR count). The first-order valence-corrected chi connectivity index (χ1v) is 8.50. The molecule has 1 aromatic carbocycles. The average Bonchev–Trinajstić information content (AvgIpc) is 2.92. The number of nitrogens with two attached hydrogens (primary N) is 1. The van der Waals surface area contributed by atoms with Gasteiger partial charge in [-0.2, -0.15) is 0 Å². The van der Waals surface area contributed by atoms with Crippen LogP contribution in [0.3, 0.4) is 0 Å². The third-order valence-corrected chi connectivity index (χ3v) is 5.03. The third-order valence-electron chi connectivity index (χ3n) is 2.80. The van der Waals surface area contributed by atoms with Crippen molar-refractivity contribution in [2.45, 2.75) is 16.5 Å². The van der Waals surface area contributed by atoms with Crippen molar-refractivity contribution in [3.8, 4) is 11.5 Å². The number of nitrogens with zero attached hydrogens (tertiary/aromatic N) is 2. The van der Waals surface area contributed by atoms with Gasteiger partial charge in [-0.15, -0.1) is 10.2 Å². The molecule has 1 amide bonds. The van der Waals surface area contributed by atoms with Crippen LogP contribution in [-0.4, -0.2) is 35.6 Å². The maximum absolute atomic E-state index is 12.3. The molecular formula is C13H15ClN4O3S2. The first-order valence-electron chi connectivity index (χ1n) is 6.42. The van der Waals surface area contributed by atoms with Gasteiger partial charge in [0.05, 0.1) is 30.2 Å². The molecule has 2 aromatic rings. The zero-order valence-electron chi connectivity index (χ0n) is 12.6. The van der Waals surface area contributed by atoms with Crippen molar-refractivity contribution in [1.29, 1.82) is 0 Å². The van der Waals surface area contributed by atoms with Gasteiger partial charge >= 0.3 is 0 Å². The summed E-state index contributed by atoms with van der Waals surface area (Å²) < 4.78 is 11.0. The van der Waals surface area contributed by atoms with Gasteiger partial charge in [-0.1, -0.05) is 34.7 Å². The van der Waals surface area contributed by atoms with Gasteiger partial charge in [-0.3, -0.25) is 4.79 Å². The Balaban J connectivity index is 2.11. The first kappa shape index (κ1) is 17.6. The summed E-state index contributed by atoms with van der Waals surface area (Å²) in [5, 5.41) is 10.7. The van der Waals surface area contributed by atoms with Gasteiger partial charge in [0.2, 0.25) is 11.0 Å². The number of anilines is 2. The number of nitrogen functional groups attached to an aromatic ring is 1. The van der Waals surface area contributed by atoms with Crippen molar-refractivity contribution in [1.82, 2.24) is 10.2 Å². The maximum Gasteiger partial charge on any atom is 0.237 e. The number of aromatic nitrogens is 2. The van der Waals surface area contributed by atoms with E-state index in [1.54, 1.807) is 19.1 Å². The summed E-state index contributed by atoms with van der Waals surface area (Å²) in [7, 11) is 3.01. The summed E-state index contributed by atoms with van der Waals surface area (Å²) >= 11 is 8.59. The fraction of sp³-hybridized carbons (Fsp3) is 0.308. The van der Waals surface area contributed by atoms with Crippen LogP contribution in [0.5, 0.6) is 11.5 Å². The topological polar surface area (TPSA) is 99.4 Å². The van der Waals surface area contributed by atoms with E-state index in [1.807, 2.05) is 0 Å². The number of carbonyl (C=O) groups is 1. The van der Waals surface area contributed by atoms with E-state index < -0.39 is 5.25 Å². The monoisotopic (exact) mass is 374 g/mol. The number of benzene rings is 1. The minimum Gasteiger partial charge on any atom is -0.495 e. The fourth-order valence-corrected chi connectivity index (χ4v) is 3.69. The second kappa shape index (κ2) is 7.71. The highest BCUT2D eigenvalue weighted by molar-refractivity contribution is 8.02. The number of rotatable bonds is 6. The summed E-state index contributed by atoms with van der Waals surface area (Å²) in [4.78, 5) is 12.3. The molecule has 0 saturated heterocycles. The fourth-order valence-electron chi connectivity index (χ4n) is 1.66.